The third kappa shape index (κ3) is 3.03. The molecule has 3 nitrogen and oxygen atoms in total. The average Bonchev–Trinajstić information content (AvgIpc) is 3.04. The molecule has 0 saturated heterocycles. The molecule has 1 aromatic heterocycles. The smallest absolute Gasteiger partial charge is 0.163 e. The summed E-state index contributed by atoms with van der Waals surface area (Å²) >= 11 is 4.85. The van der Waals surface area contributed by atoms with Gasteiger partial charge < -0.3 is 5.32 Å². The van der Waals surface area contributed by atoms with Crippen molar-refractivity contribution in [1.29, 1.82) is 0 Å². The highest BCUT2D eigenvalue weighted by atomic mass is 79.9. The third-order valence-corrected chi connectivity index (χ3v) is 4.35. The van der Waals surface area contributed by atoms with Crippen molar-refractivity contribution in [2.24, 2.45) is 4.99 Å². The second-order valence-electron chi connectivity index (χ2n) is 4.38. The average molecular weight is 370 g/mol. The first-order valence-electron chi connectivity index (χ1n) is 6.13. The van der Waals surface area contributed by atoms with Crippen LogP contribution in [0.2, 0.25) is 0 Å². The monoisotopic (exact) mass is 369 g/mol. The molecule has 2 aromatic rings. The molecule has 0 aliphatic carbocycles. The quantitative estimate of drug-likeness (QED) is 0.835. The van der Waals surface area contributed by atoms with E-state index in [0.29, 0.717) is 16.7 Å². The minimum absolute atomic E-state index is 0.368. The van der Waals surface area contributed by atoms with Crippen LogP contribution in [0.25, 0.3) is 0 Å². The lowest BCUT2D eigenvalue weighted by Gasteiger charge is -2.20. The van der Waals surface area contributed by atoms with Crippen LogP contribution in [-0.4, -0.2) is 16.1 Å². The van der Waals surface area contributed by atoms with Crippen LogP contribution in [0.4, 0.5) is 8.78 Å². The van der Waals surface area contributed by atoms with Gasteiger partial charge in [0.25, 0.3) is 0 Å². The molecule has 0 unspecified atom stereocenters. The number of benzene rings is 1. The summed E-state index contributed by atoms with van der Waals surface area (Å²) in [5.74, 6) is -1.09. The Morgan fingerprint density at radius 1 is 1.29 bits per heavy atom. The van der Waals surface area contributed by atoms with E-state index in [-0.39, 0.29) is 6.04 Å². The maximum atomic E-state index is 13.4. The van der Waals surface area contributed by atoms with Gasteiger partial charge in [-0.2, -0.15) is 0 Å². The molecule has 1 aromatic carbocycles. The molecule has 0 amide bonds. The van der Waals surface area contributed by atoms with Gasteiger partial charge in [0.2, 0.25) is 0 Å². The van der Waals surface area contributed by atoms with Crippen molar-refractivity contribution < 1.29 is 8.78 Å². The molecule has 1 atom stereocenters. The normalized spacial score (nSPS) is 18.0. The molecule has 0 saturated carbocycles. The van der Waals surface area contributed by atoms with Crippen molar-refractivity contribution in [2.45, 2.75) is 6.04 Å². The van der Waals surface area contributed by atoms with Crippen molar-refractivity contribution in [2.75, 3.05) is 5.33 Å². The lowest BCUT2D eigenvalue weighted by Crippen LogP contribution is -2.29. The van der Waals surface area contributed by atoms with Gasteiger partial charge >= 0.3 is 0 Å². The number of aromatic nitrogens is 1. The van der Waals surface area contributed by atoms with Gasteiger partial charge in [-0.3, -0.25) is 4.99 Å². The minimum atomic E-state index is -0.870. The summed E-state index contributed by atoms with van der Waals surface area (Å²) in [5, 5.41) is 6.40. The van der Waals surface area contributed by atoms with Gasteiger partial charge in [0.1, 0.15) is 0 Å². The van der Waals surface area contributed by atoms with Gasteiger partial charge in [-0.1, -0.05) is 22.0 Å². The lowest BCUT2D eigenvalue weighted by molar-refractivity contribution is 0.506. The van der Waals surface area contributed by atoms with Crippen molar-refractivity contribution in [1.82, 2.24) is 10.3 Å². The predicted molar refractivity (Wildman–Crippen MR) is 82.8 cm³/mol. The standard InChI is InChI=1S/C14H10BrF2N3S/c15-7-9-6-12(8-1-2-10(16)11(17)5-8)20-13(19-9)14-18-3-4-21-14/h1-6,12H,7H2,(H,19,20)/t12-/m0/s1. The molecule has 1 aliphatic heterocycles. The fourth-order valence-corrected chi connectivity index (χ4v) is 2.90. The zero-order valence-electron chi connectivity index (χ0n) is 10.7. The van der Waals surface area contributed by atoms with E-state index in [0.717, 1.165) is 16.8 Å². The maximum absolute atomic E-state index is 13.4. The summed E-state index contributed by atoms with van der Waals surface area (Å²) in [5.41, 5.74) is 1.51. The van der Waals surface area contributed by atoms with Gasteiger partial charge in [0.05, 0.1) is 6.04 Å². The molecule has 7 heteroatoms. The van der Waals surface area contributed by atoms with E-state index >= 15 is 0 Å². The van der Waals surface area contributed by atoms with E-state index in [4.69, 9.17) is 0 Å². The molecule has 21 heavy (non-hydrogen) atoms. The van der Waals surface area contributed by atoms with Crippen LogP contribution in [0, 0.1) is 11.6 Å². The van der Waals surface area contributed by atoms with Crippen molar-refractivity contribution in [3.63, 3.8) is 0 Å². The summed E-state index contributed by atoms with van der Waals surface area (Å²) in [6.07, 6.45) is 3.57. The largest absolute Gasteiger partial charge is 0.341 e. The van der Waals surface area contributed by atoms with E-state index in [1.807, 2.05) is 11.5 Å². The number of hydrogen-bond donors (Lipinski definition) is 1. The van der Waals surface area contributed by atoms with Crippen LogP contribution in [-0.2, 0) is 0 Å². The van der Waals surface area contributed by atoms with E-state index in [9.17, 15) is 8.78 Å². The van der Waals surface area contributed by atoms with Gasteiger partial charge in [0.15, 0.2) is 22.5 Å². The van der Waals surface area contributed by atoms with Crippen LogP contribution in [0.15, 0.2) is 46.5 Å². The Hall–Kier alpha value is -1.60. The summed E-state index contributed by atoms with van der Waals surface area (Å²) in [4.78, 5) is 8.75. The molecule has 108 valence electrons. The van der Waals surface area contributed by atoms with Crippen LogP contribution < -0.4 is 5.32 Å². The Kier molecular flexibility index (Phi) is 4.12. The number of rotatable bonds is 3. The van der Waals surface area contributed by atoms with E-state index in [1.54, 1.807) is 12.3 Å². The Labute approximate surface area is 132 Å². The first kappa shape index (κ1) is 14.3. The molecule has 0 spiro atoms. The third-order valence-electron chi connectivity index (χ3n) is 2.97. The number of aliphatic imine (C=N–C) groups is 1. The number of thiazole rings is 1. The zero-order chi connectivity index (χ0) is 14.8. The Morgan fingerprint density at radius 2 is 2.14 bits per heavy atom. The van der Waals surface area contributed by atoms with Crippen LogP contribution in [0.3, 0.4) is 0 Å². The second kappa shape index (κ2) is 6.03. The molecule has 3 rings (SSSR count). The zero-order valence-corrected chi connectivity index (χ0v) is 13.1. The van der Waals surface area contributed by atoms with Crippen molar-refractivity contribution >= 4 is 33.1 Å². The maximum Gasteiger partial charge on any atom is 0.163 e. The summed E-state index contributed by atoms with van der Waals surface area (Å²) < 4.78 is 26.5. The van der Waals surface area contributed by atoms with E-state index in [2.05, 4.69) is 31.2 Å². The predicted octanol–water partition coefficient (Wildman–Crippen LogP) is 3.79. The van der Waals surface area contributed by atoms with Crippen LogP contribution in [0.5, 0.6) is 0 Å². The minimum Gasteiger partial charge on any atom is -0.341 e. The van der Waals surface area contributed by atoms with Gasteiger partial charge in [-0.15, -0.1) is 11.3 Å². The number of amidine groups is 1. The first-order valence-corrected chi connectivity index (χ1v) is 8.14. The molecular formula is C14H10BrF2N3S. The van der Waals surface area contributed by atoms with E-state index in [1.165, 1.54) is 17.4 Å². The topological polar surface area (TPSA) is 37.3 Å². The Balaban J connectivity index is 2.00. The fourth-order valence-electron chi connectivity index (χ4n) is 1.99. The van der Waals surface area contributed by atoms with Crippen LogP contribution in [0.1, 0.15) is 16.6 Å². The summed E-state index contributed by atoms with van der Waals surface area (Å²) in [6, 6.07) is 3.47. The van der Waals surface area contributed by atoms with Gasteiger partial charge in [-0.05, 0) is 23.8 Å². The lowest BCUT2D eigenvalue weighted by atomic mass is 10.0. The number of allylic oxidation sites excluding steroid dienone is 1. The molecule has 0 radical (unpaired) electrons. The highest BCUT2D eigenvalue weighted by Crippen LogP contribution is 2.26. The summed E-state index contributed by atoms with van der Waals surface area (Å²) in [6.45, 7) is 0. The molecule has 2 heterocycles. The van der Waals surface area contributed by atoms with Gasteiger partial charge in [-0.25, -0.2) is 13.8 Å². The SMILES string of the molecule is Fc1ccc([C@@H]2C=C(CBr)NC(c3nccs3)=N2)cc1F. The van der Waals surface area contributed by atoms with Crippen molar-refractivity contribution in [3.05, 3.63) is 63.8 Å². The number of halogens is 3. The number of nitrogens with zero attached hydrogens (tertiary/aromatic N) is 2. The number of alkyl halides is 1. The molecule has 1 aliphatic rings. The van der Waals surface area contributed by atoms with Crippen LogP contribution >= 0.6 is 27.3 Å². The molecule has 1 N–H and O–H groups in total. The highest BCUT2D eigenvalue weighted by Gasteiger charge is 2.19. The fraction of sp³-hybridized carbons (Fsp3) is 0.143. The second-order valence-corrected chi connectivity index (χ2v) is 5.84. The van der Waals surface area contributed by atoms with Crippen molar-refractivity contribution in [3.8, 4) is 0 Å². The molecular weight excluding hydrogens is 360 g/mol. The van der Waals surface area contributed by atoms with Gasteiger partial charge in [0, 0.05) is 22.6 Å². The molecule has 0 bridgehead atoms. The number of nitrogens with one attached hydrogen (secondary N) is 1. The van der Waals surface area contributed by atoms with E-state index < -0.39 is 11.6 Å². The summed E-state index contributed by atoms with van der Waals surface area (Å²) in [7, 11) is 0. The highest BCUT2D eigenvalue weighted by molar-refractivity contribution is 9.09. The first-order chi connectivity index (χ1) is 10.2. The Bertz CT molecular complexity index is 713. The number of hydrogen-bond acceptors (Lipinski definition) is 4. The Morgan fingerprint density at radius 3 is 2.81 bits per heavy atom. The molecule has 0 fully saturated rings.